The Morgan fingerprint density at radius 1 is 0.206 bits per heavy atom. The number of rotatable bonds is 24. The van der Waals surface area contributed by atoms with E-state index in [1.807, 2.05) is 309 Å². The summed E-state index contributed by atoms with van der Waals surface area (Å²) in [5.41, 5.74) is 9.14. The minimum atomic E-state index is -0.885. The van der Waals surface area contributed by atoms with Crippen LogP contribution in [0.1, 0.15) is 120 Å². The van der Waals surface area contributed by atoms with Crippen molar-refractivity contribution < 1.29 is 30.6 Å². The molecule has 102 heavy (non-hydrogen) atoms. The molecule has 0 saturated carbocycles. The van der Waals surface area contributed by atoms with Crippen molar-refractivity contribution in [1.82, 2.24) is 0 Å². The van der Waals surface area contributed by atoms with Crippen molar-refractivity contribution in [3.05, 3.63) is 429 Å². The van der Waals surface area contributed by atoms with Crippen LogP contribution in [0.15, 0.2) is 376 Å². The lowest BCUT2D eigenvalue weighted by atomic mass is 9.92. The van der Waals surface area contributed by atoms with Crippen molar-refractivity contribution in [3.63, 3.8) is 0 Å². The first-order chi connectivity index (χ1) is 50.2. The molecule has 0 amide bonds. The van der Waals surface area contributed by atoms with E-state index in [2.05, 4.69) is 0 Å². The molecule has 0 aromatic heterocycles. The van der Waals surface area contributed by atoms with E-state index in [4.69, 9.17) is 30.0 Å². The zero-order chi connectivity index (χ0) is 70.0. The van der Waals surface area contributed by atoms with E-state index in [9.17, 15) is 30.6 Å². The predicted octanol–water partition coefficient (Wildman–Crippen LogP) is 19.2. The molecule has 0 unspecified atom stereocenters. The highest BCUT2D eigenvalue weighted by molar-refractivity contribution is 6.16. The molecule has 0 heterocycles. The third-order valence-corrected chi connectivity index (χ3v) is 17.8. The Bertz CT molecular complexity index is 4590. The van der Waals surface area contributed by atoms with Gasteiger partial charge in [0.05, 0.1) is 33.8 Å². The van der Waals surface area contributed by atoms with Gasteiger partial charge in [0, 0.05) is 52.0 Å². The smallest absolute Gasteiger partial charge is 0.140 e. The van der Waals surface area contributed by atoms with Crippen LogP contribution in [0.4, 0.5) is 0 Å². The number of hydrogen-bond donors (Lipinski definition) is 6. The van der Waals surface area contributed by atoms with E-state index >= 15 is 0 Å². The average Bonchev–Trinajstić information content (AvgIpc) is 0.780. The van der Waals surface area contributed by atoms with Gasteiger partial charge in [-0.15, -0.1) is 0 Å². The fourth-order valence-electron chi connectivity index (χ4n) is 12.7. The van der Waals surface area contributed by atoms with Gasteiger partial charge in [0.25, 0.3) is 0 Å². The lowest BCUT2D eigenvalue weighted by molar-refractivity contribution is 0.424. The lowest BCUT2D eigenvalue weighted by Gasteiger charge is -2.25. The number of aliphatic imine (C=N–C) groups is 6. The molecule has 0 fully saturated rings. The normalized spacial score (nSPS) is 13.9. The summed E-state index contributed by atoms with van der Waals surface area (Å²) in [5.74, 6) is -1.60. The molecule has 0 spiro atoms. The van der Waals surface area contributed by atoms with Gasteiger partial charge in [-0.1, -0.05) is 309 Å². The third-order valence-electron chi connectivity index (χ3n) is 17.8. The Kier molecular flexibility index (Phi) is 21.3. The monoisotopic (exact) mass is 1330 g/mol. The zero-order valence-corrected chi connectivity index (χ0v) is 55.5. The van der Waals surface area contributed by atoms with Crippen LogP contribution in [0.5, 0.6) is 34.5 Å². The fourth-order valence-corrected chi connectivity index (χ4v) is 12.7. The number of para-hydroxylation sites is 3. The number of aromatic hydroxyl groups is 6. The third kappa shape index (κ3) is 15.5. The molecule has 0 bridgehead atoms. The molecule has 6 atom stereocenters. The van der Waals surface area contributed by atoms with Gasteiger partial charge < -0.3 is 30.6 Å². The van der Waals surface area contributed by atoms with Crippen LogP contribution in [-0.4, -0.2) is 66.4 Å². The first kappa shape index (κ1) is 67.3. The SMILES string of the molecule is Oc1ccccc1C(=N[C@@H](c1ccccc1)[C@@H](N=Cc1c(O)c(C=N[C@@H](c2ccccc2)[C@@H](N=C(c2ccccc2)c2ccccc2O)c2ccccc2)c(O)c(C=N[C@@H](c2ccccc2)[C@@H](N=C(c2ccccc2)c2ccccc2O)c2ccccc2)c1O)c1ccccc1)c1ccccc1. The molecule has 0 radical (unpaired) electrons. The standard InChI is InChI=1S/C90H72N6O6/c97-76-55-31-28-52-70(76)79(61-34-10-1-11-35-61)94-85(67-46-22-7-23-47-67)82(64-40-16-4-17-41-64)91-58-73-88(100)74(59-92-83(65-42-18-5-19-43-65)86(68-48-24-8-25-49-68)95-80(62-36-12-2-13-37-62)71-53-29-32-56-77(71)98)90(102)75(89(73)101)60-93-84(66-44-20-6-21-45-66)87(69-50-26-9-27-51-69)96-81(63-38-14-3-15-39-63)72-54-30-33-57-78(72)99/h1-60,82-87,97-102H/t82-,83-,84-,85-,86-,87-/m0/s1. The van der Waals surface area contributed by atoms with Crippen molar-refractivity contribution >= 4 is 35.8 Å². The van der Waals surface area contributed by atoms with Crippen molar-refractivity contribution in [2.45, 2.75) is 36.3 Å². The molecule has 12 nitrogen and oxygen atoms in total. The molecule has 13 aromatic carbocycles. The van der Waals surface area contributed by atoms with Gasteiger partial charge in [-0.3, -0.25) is 30.0 Å². The van der Waals surface area contributed by atoms with Gasteiger partial charge >= 0.3 is 0 Å². The van der Waals surface area contributed by atoms with Crippen LogP contribution in [0.3, 0.4) is 0 Å². The minimum absolute atomic E-state index is 0.0287. The maximum absolute atomic E-state index is 13.2. The van der Waals surface area contributed by atoms with E-state index in [1.54, 1.807) is 36.4 Å². The van der Waals surface area contributed by atoms with Crippen molar-refractivity contribution in [1.29, 1.82) is 0 Å². The molecule has 12 heteroatoms. The number of phenols is 6. The number of hydrogen-bond acceptors (Lipinski definition) is 12. The highest BCUT2D eigenvalue weighted by Crippen LogP contribution is 2.45. The van der Waals surface area contributed by atoms with Gasteiger partial charge in [-0.2, -0.15) is 0 Å². The first-order valence-corrected chi connectivity index (χ1v) is 33.6. The molecule has 13 aromatic rings. The van der Waals surface area contributed by atoms with E-state index in [-0.39, 0.29) is 33.9 Å². The summed E-state index contributed by atoms with van der Waals surface area (Å²) < 4.78 is 0. The fraction of sp³-hybridized carbons (Fsp3) is 0.0667. The van der Waals surface area contributed by atoms with Crippen molar-refractivity contribution in [2.24, 2.45) is 30.0 Å². The second-order valence-electron chi connectivity index (χ2n) is 24.3. The Hall–Kier alpha value is -13.3. The summed E-state index contributed by atoms with van der Waals surface area (Å²) in [4.78, 5) is 32.9. The van der Waals surface area contributed by atoms with Crippen LogP contribution in [0, 0.1) is 0 Å². The van der Waals surface area contributed by atoms with E-state index in [0.717, 1.165) is 50.1 Å². The maximum atomic E-state index is 13.2. The summed E-state index contributed by atoms with van der Waals surface area (Å²) in [6.07, 6.45) is 4.20. The van der Waals surface area contributed by atoms with Crippen LogP contribution >= 0.6 is 0 Å². The summed E-state index contributed by atoms with van der Waals surface area (Å²) in [7, 11) is 0. The molecule has 498 valence electrons. The molecule has 6 N–H and O–H groups in total. The number of phenolic OH excluding ortho intramolecular Hbond substituents is 6. The minimum Gasteiger partial charge on any atom is -0.507 e. The largest absolute Gasteiger partial charge is 0.507 e. The summed E-state index contributed by atoms with van der Waals surface area (Å²) >= 11 is 0. The summed E-state index contributed by atoms with van der Waals surface area (Å²) in [5, 5.41) is 74.4. The predicted molar refractivity (Wildman–Crippen MR) is 410 cm³/mol. The van der Waals surface area contributed by atoms with Gasteiger partial charge in [0.1, 0.15) is 70.7 Å². The highest BCUT2D eigenvalue weighted by Gasteiger charge is 2.32. The van der Waals surface area contributed by atoms with Crippen LogP contribution in [0.2, 0.25) is 0 Å². The topological polar surface area (TPSA) is 196 Å². The average molecular weight is 1330 g/mol. The van der Waals surface area contributed by atoms with E-state index < -0.39 is 53.5 Å². The quantitative estimate of drug-likeness (QED) is 0.0326. The van der Waals surface area contributed by atoms with Gasteiger partial charge in [0.2, 0.25) is 0 Å². The molecule has 0 aliphatic carbocycles. The summed E-state index contributed by atoms with van der Waals surface area (Å²) in [6.45, 7) is 0. The molecule has 0 aliphatic heterocycles. The van der Waals surface area contributed by atoms with Crippen molar-refractivity contribution in [2.75, 3.05) is 0 Å². The highest BCUT2D eigenvalue weighted by atomic mass is 16.3. The lowest BCUT2D eigenvalue weighted by Crippen LogP contribution is -2.14. The van der Waals surface area contributed by atoms with Crippen LogP contribution in [0.25, 0.3) is 0 Å². The molecule has 0 saturated heterocycles. The maximum Gasteiger partial charge on any atom is 0.140 e. The zero-order valence-electron chi connectivity index (χ0n) is 55.5. The Labute approximate surface area is 593 Å². The van der Waals surface area contributed by atoms with Gasteiger partial charge in [0.15, 0.2) is 0 Å². The molecule has 0 aliphatic rings. The van der Waals surface area contributed by atoms with Crippen molar-refractivity contribution in [3.8, 4) is 34.5 Å². The summed E-state index contributed by atoms with van der Waals surface area (Å²) in [6, 6.07) is 103. The Balaban J connectivity index is 1.05. The molecular formula is C90H72N6O6. The van der Waals surface area contributed by atoms with Gasteiger partial charge in [-0.05, 0) is 69.8 Å². The van der Waals surface area contributed by atoms with Crippen LogP contribution < -0.4 is 0 Å². The number of nitrogens with zero attached hydrogens (tertiary/aromatic N) is 6. The van der Waals surface area contributed by atoms with Gasteiger partial charge in [-0.25, -0.2) is 0 Å². The van der Waals surface area contributed by atoms with E-state index in [1.165, 1.54) is 18.6 Å². The second-order valence-corrected chi connectivity index (χ2v) is 24.3. The molecular weight excluding hydrogens is 1260 g/mol. The Morgan fingerprint density at radius 3 is 0.588 bits per heavy atom. The number of benzene rings is 13. The first-order valence-electron chi connectivity index (χ1n) is 33.6. The molecule has 13 rings (SSSR count). The van der Waals surface area contributed by atoms with Crippen LogP contribution in [-0.2, 0) is 0 Å². The second kappa shape index (κ2) is 32.4. The van der Waals surface area contributed by atoms with E-state index in [0.29, 0.717) is 33.8 Å². The Morgan fingerprint density at radius 2 is 0.382 bits per heavy atom.